The quantitative estimate of drug-likeness (QED) is 0.487. The number of carboxylic acid groups (broad SMARTS) is 1. The summed E-state index contributed by atoms with van der Waals surface area (Å²) in [5, 5.41) is 8.85. The van der Waals surface area contributed by atoms with Crippen LogP contribution in [0, 0.1) is 0 Å². The van der Waals surface area contributed by atoms with Crippen molar-refractivity contribution in [2.75, 3.05) is 40.1 Å². The summed E-state index contributed by atoms with van der Waals surface area (Å²) in [7, 11) is 1.33. The van der Waals surface area contributed by atoms with E-state index in [1.165, 1.54) is 19.2 Å². The minimum atomic E-state index is -0.995. The first-order chi connectivity index (χ1) is 10.6. The van der Waals surface area contributed by atoms with Gasteiger partial charge in [0, 0.05) is 0 Å². The van der Waals surface area contributed by atoms with Gasteiger partial charge in [0.2, 0.25) is 0 Å². The van der Waals surface area contributed by atoms with Crippen molar-refractivity contribution in [1.82, 2.24) is 0 Å². The smallest absolute Gasteiger partial charge is 0.335 e. The highest BCUT2D eigenvalue weighted by Crippen LogP contribution is 2.13. The Hall–Kier alpha value is -2.12. The van der Waals surface area contributed by atoms with Gasteiger partial charge in [0.15, 0.2) is 0 Å². The number of aromatic carboxylic acids is 1. The predicted molar refractivity (Wildman–Crippen MR) is 77.2 cm³/mol. The highest BCUT2D eigenvalue weighted by atomic mass is 16.5. The number of carboxylic acids is 1. The van der Waals surface area contributed by atoms with Gasteiger partial charge in [0.1, 0.15) is 12.4 Å². The molecule has 0 unspecified atom stereocenters. The monoisotopic (exact) mass is 312 g/mol. The van der Waals surface area contributed by atoms with Gasteiger partial charge in [0.05, 0.1) is 45.5 Å². The van der Waals surface area contributed by atoms with E-state index in [2.05, 4.69) is 4.74 Å². The van der Waals surface area contributed by atoms with Gasteiger partial charge in [-0.2, -0.15) is 0 Å². The van der Waals surface area contributed by atoms with Crippen molar-refractivity contribution in [2.45, 2.75) is 6.42 Å². The third-order valence-corrected chi connectivity index (χ3v) is 2.63. The van der Waals surface area contributed by atoms with Crippen molar-refractivity contribution in [2.24, 2.45) is 0 Å². The SMILES string of the molecule is COC(=O)CCOCCOCCOc1cccc(C(=O)O)c1. The third kappa shape index (κ3) is 7.61. The van der Waals surface area contributed by atoms with Crippen LogP contribution in [0.25, 0.3) is 0 Å². The van der Waals surface area contributed by atoms with Gasteiger partial charge in [-0.25, -0.2) is 4.79 Å². The fourth-order valence-corrected chi connectivity index (χ4v) is 1.52. The maximum Gasteiger partial charge on any atom is 0.335 e. The molecule has 7 nitrogen and oxygen atoms in total. The van der Waals surface area contributed by atoms with E-state index in [1.807, 2.05) is 0 Å². The molecule has 0 saturated heterocycles. The molecular weight excluding hydrogens is 292 g/mol. The van der Waals surface area contributed by atoms with E-state index in [4.69, 9.17) is 19.3 Å². The van der Waals surface area contributed by atoms with E-state index >= 15 is 0 Å². The average molecular weight is 312 g/mol. The summed E-state index contributed by atoms with van der Waals surface area (Å²) in [6.07, 6.45) is 0.222. The Morgan fingerprint density at radius 2 is 1.73 bits per heavy atom. The topological polar surface area (TPSA) is 91.3 Å². The highest BCUT2D eigenvalue weighted by molar-refractivity contribution is 5.87. The Morgan fingerprint density at radius 3 is 2.41 bits per heavy atom. The Kier molecular flexibility index (Phi) is 8.63. The second-order valence-corrected chi connectivity index (χ2v) is 4.23. The number of esters is 1. The van der Waals surface area contributed by atoms with Crippen LogP contribution in [0.3, 0.4) is 0 Å². The minimum Gasteiger partial charge on any atom is -0.491 e. The van der Waals surface area contributed by atoms with Gasteiger partial charge in [0.25, 0.3) is 0 Å². The second-order valence-electron chi connectivity index (χ2n) is 4.23. The number of rotatable bonds is 11. The largest absolute Gasteiger partial charge is 0.491 e. The van der Waals surface area contributed by atoms with Crippen molar-refractivity contribution in [1.29, 1.82) is 0 Å². The summed E-state index contributed by atoms with van der Waals surface area (Å²) in [4.78, 5) is 21.6. The van der Waals surface area contributed by atoms with Gasteiger partial charge in [-0.1, -0.05) is 6.07 Å². The fourth-order valence-electron chi connectivity index (χ4n) is 1.52. The van der Waals surface area contributed by atoms with Crippen LogP contribution in [0.4, 0.5) is 0 Å². The van der Waals surface area contributed by atoms with Crippen LogP contribution in [0.5, 0.6) is 5.75 Å². The van der Waals surface area contributed by atoms with Crippen LogP contribution in [-0.4, -0.2) is 57.2 Å². The van der Waals surface area contributed by atoms with Crippen molar-refractivity contribution in [3.63, 3.8) is 0 Å². The lowest BCUT2D eigenvalue weighted by atomic mass is 10.2. The Labute approximate surface area is 128 Å². The molecule has 0 heterocycles. The Morgan fingerprint density at radius 1 is 1.05 bits per heavy atom. The summed E-state index contributed by atoms with van der Waals surface area (Å²) in [5.41, 5.74) is 0.178. The minimum absolute atomic E-state index is 0.178. The molecule has 0 aromatic heterocycles. The molecule has 122 valence electrons. The molecule has 0 aliphatic heterocycles. The molecule has 0 amide bonds. The standard InChI is InChI=1S/C15H20O7/c1-19-14(16)5-6-20-7-8-21-9-10-22-13-4-2-3-12(11-13)15(17)18/h2-4,11H,5-10H2,1H3,(H,17,18). The van der Waals surface area contributed by atoms with Crippen molar-refractivity contribution >= 4 is 11.9 Å². The molecule has 1 aromatic rings. The third-order valence-electron chi connectivity index (χ3n) is 2.63. The first kappa shape index (κ1) is 17.9. The molecule has 0 saturated carbocycles. The maximum absolute atomic E-state index is 10.8. The molecular formula is C15H20O7. The van der Waals surface area contributed by atoms with E-state index in [-0.39, 0.29) is 18.0 Å². The molecule has 0 atom stereocenters. The van der Waals surface area contributed by atoms with E-state index in [0.717, 1.165) is 0 Å². The lowest BCUT2D eigenvalue weighted by Crippen LogP contribution is -2.12. The Bertz CT molecular complexity index is 473. The number of carbonyl (C=O) groups is 2. The average Bonchev–Trinajstić information content (AvgIpc) is 2.53. The molecule has 1 aromatic carbocycles. The van der Waals surface area contributed by atoms with Crippen LogP contribution in [0.1, 0.15) is 16.8 Å². The van der Waals surface area contributed by atoms with Crippen molar-refractivity contribution < 1.29 is 33.6 Å². The molecule has 0 fully saturated rings. The fraction of sp³-hybridized carbons (Fsp3) is 0.467. The van der Waals surface area contributed by atoms with Crippen LogP contribution >= 0.6 is 0 Å². The molecule has 0 spiro atoms. The summed E-state index contributed by atoms with van der Waals surface area (Å²) < 4.78 is 20.3. The molecule has 0 radical (unpaired) electrons. The zero-order valence-electron chi connectivity index (χ0n) is 12.4. The highest BCUT2D eigenvalue weighted by Gasteiger charge is 2.03. The normalized spacial score (nSPS) is 10.2. The Balaban J connectivity index is 2.03. The van der Waals surface area contributed by atoms with E-state index in [9.17, 15) is 9.59 Å². The summed E-state index contributed by atoms with van der Waals surface area (Å²) in [6, 6.07) is 6.26. The lowest BCUT2D eigenvalue weighted by molar-refractivity contribution is -0.141. The number of carbonyl (C=O) groups excluding carboxylic acids is 1. The van der Waals surface area contributed by atoms with Gasteiger partial charge < -0.3 is 24.1 Å². The molecule has 0 aliphatic carbocycles. The van der Waals surface area contributed by atoms with Crippen molar-refractivity contribution in [3.05, 3.63) is 29.8 Å². The number of benzene rings is 1. The number of ether oxygens (including phenoxy) is 4. The zero-order chi connectivity index (χ0) is 16.2. The first-order valence-corrected chi connectivity index (χ1v) is 6.82. The molecule has 22 heavy (non-hydrogen) atoms. The van der Waals surface area contributed by atoms with Crippen LogP contribution in [-0.2, 0) is 19.0 Å². The van der Waals surface area contributed by atoms with E-state index < -0.39 is 5.97 Å². The summed E-state index contributed by atoms with van der Waals surface area (Å²) in [5.74, 6) is -0.818. The van der Waals surface area contributed by atoms with Gasteiger partial charge in [-0.3, -0.25) is 4.79 Å². The second kappa shape index (κ2) is 10.6. The number of hydrogen-bond donors (Lipinski definition) is 1. The van der Waals surface area contributed by atoms with Crippen LogP contribution < -0.4 is 4.74 Å². The summed E-state index contributed by atoms with van der Waals surface area (Å²) in [6.45, 7) is 1.74. The van der Waals surface area contributed by atoms with Crippen molar-refractivity contribution in [3.8, 4) is 5.75 Å². The molecule has 1 N–H and O–H groups in total. The predicted octanol–water partition coefficient (Wildman–Crippen LogP) is 1.36. The van der Waals surface area contributed by atoms with E-state index in [1.54, 1.807) is 12.1 Å². The van der Waals surface area contributed by atoms with Crippen LogP contribution in [0.15, 0.2) is 24.3 Å². The van der Waals surface area contributed by atoms with Crippen LogP contribution in [0.2, 0.25) is 0 Å². The first-order valence-electron chi connectivity index (χ1n) is 6.82. The number of methoxy groups -OCH3 is 1. The molecule has 7 heteroatoms. The molecule has 0 bridgehead atoms. The van der Waals surface area contributed by atoms with E-state index in [0.29, 0.717) is 38.8 Å². The molecule has 1 rings (SSSR count). The number of hydrogen-bond acceptors (Lipinski definition) is 6. The zero-order valence-corrected chi connectivity index (χ0v) is 12.4. The summed E-state index contributed by atoms with van der Waals surface area (Å²) >= 11 is 0. The molecule has 0 aliphatic rings. The maximum atomic E-state index is 10.8. The van der Waals surface area contributed by atoms with Gasteiger partial charge >= 0.3 is 11.9 Å². The lowest BCUT2D eigenvalue weighted by Gasteiger charge is -2.08. The van der Waals surface area contributed by atoms with Gasteiger partial charge in [-0.15, -0.1) is 0 Å². The van der Waals surface area contributed by atoms with Gasteiger partial charge in [-0.05, 0) is 18.2 Å².